The highest BCUT2D eigenvalue weighted by Crippen LogP contribution is 2.29. The lowest BCUT2D eigenvalue weighted by Crippen LogP contribution is -2.42. The van der Waals surface area contributed by atoms with E-state index in [1.54, 1.807) is 0 Å². The third-order valence-corrected chi connectivity index (χ3v) is 3.57. The van der Waals surface area contributed by atoms with E-state index in [0.29, 0.717) is 12.6 Å². The van der Waals surface area contributed by atoms with Crippen LogP contribution in [-0.4, -0.2) is 37.6 Å². The van der Waals surface area contributed by atoms with Crippen LogP contribution in [0.15, 0.2) is 0 Å². The van der Waals surface area contributed by atoms with E-state index >= 15 is 0 Å². The Morgan fingerprint density at radius 2 is 2.07 bits per heavy atom. The smallest absolute Gasteiger partial charge is 0.319 e. The van der Waals surface area contributed by atoms with E-state index in [1.165, 1.54) is 39.2 Å². The molecular formula is C12H23NO2. The van der Waals surface area contributed by atoms with Crippen LogP contribution < -0.4 is 0 Å². The fraction of sp³-hybridized carbons (Fsp3) is 0.917. The van der Waals surface area contributed by atoms with Gasteiger partial charge in [0.15, 0.2) is 0 Å². The molecule has 88 valence electrons. The van der Waals surface area contributed by atoms with Crippen LogP contribution in [0.3, 0.4) is 0 Å². The van der Waals surface area contributed by atoms with E-state index in [1.807, 2.05) is 7.05 Å². The first-order chi connectivity index (χ1) is 7.19. The van der Waals surface area contributed by atoms with Crippen LogP contribution in [0.5, 0.6) is 0 Å². The van der Waals surface area contributed by atoms with Crippen LogP contribution in [0, 0.1) is 5.92 Å². The molecule has 1 rings (SSSR count). The standard InChI is InChI=1S/C12H23NO2/c1-4-10-7-5-6-8-11(10)13(2)9-12(14)15-3/h10-11H,4-9H2,1-3H3. The minimum absolute atomic E-state index is 0.127. The molecule has 0 N–H and O–H groups in total. The second kappa shape index (κ2) is 6.11. The molecule has 0 bridgehead atoms. The van der Waals surface area contributed by atoms with Gasteiger partial charge in [0.1, 0.15) is 0 Å². The molecule has 1 aliphatic rings. The quantitative estimate of drug-likeness (QED) is 0.669. The molecule has 2 atom stereocenters. The van der Waals surface area contributed by atoms with Crippen LogP contribution in [0.2, 0.25) is 0 Å². The van der Waals surface area contributed by atoms with Crippen molar-refractivity contribution >= 4 is 5.97 Å². The molecule has 3 heteroatoms. The molecule has 1 saturated carbocycles. The van der Waals surface area contributed by atoms with Gasteiger partial charge in [-0.1, -0.05) is 26.2 Å². The van der Waals surface area contributed by atoms with Crippen molar-refractivity contribution in [3.8, 4) is 0 Å². The highest BCUT2D eigenvalue weighted by Gasteiger charge is 2.27. The highest BCUT2D eigenvalue weighted by molar-refractivity contribution is 5.71. The monoisotopic (exact) mass is 213 g/mol. The first-order valence-electron chi connectivity index (χ1n) is 5.96. The maximum Gasteiger partial charge on any atom is 0.319 e. The van der Waals surface area contributed by atoms with Gasteiger partial charge in [-0.15, -0.1) is 0 Å². The zero-order valence-electron chi connectivity index (χ0n) is 10.2. The summed E-state index contributed by atoms with van der Waals surface area (Å²) in [5.41, 5.74) is 0. The van der Waals surface area contributed by atoms with Gasteiger partial charge in [0.25, 0.3) is 0 Å². The van der Waals surface area contributed by atoms with Gasteiger partial charge in [-0.05, 0) is 25.8 Å². The molecule has 0 amide bonds. The van der Waals surface area contributed by atoms with Gasteiger partial charge < -0.3 is 4.74 Å². The SMILES string of the molecule is CCC1CCCCC1N(C)CC(=O)OC. The van der Waals surface area contributed by atoms with Crippen molar-refractivity contribution in [3.63, 3.8) is 0 Å². The van der Waals surface area contributed by atoms with Crippen LogP contribution in [0.4, 0.5) is 0 Å². The lowest BCUT2D eigenvalue weighted by Gasteiger charge is -2.37. The summed E-state index contributed by atoms with van der Waals surface area (Å²) in [7, 11) is 3.49. The van der Waals surface area contributed by atoms with Gasteiger partial charge >= 0.3 is 5.97 Å². The van der Waals surface area contributed by atoms with E-state index < -0.39 is 0 Å². The summed E-state index contributed by atoms with van der Waals surface area (Å²) in [6, 6.07) is 0.572. The molecule has 0 aliphatic heterocycles. The summed E-state index contributed by atoms with van der Waals surface area (Å²) in [6.45, 7) is 2.67. The van der Waals surface area contributed by atoms with Crippen LogP contribution in [0.25, 0.3) is 0 Å². The summed E-state index contributed by atoms with van der Waals surface area (Å²) in [6.07, 6.45) is 6.41. The summed E-state index contributed by atoms with van der Waals surface area (Å²) in [5, 5.41) is 0. The fourth-order valence-electron chi connectivity index (χ4n) is 2.63. The number of likely N-dealkylation sites (N-methyl/N-ethyl adjacent to an activating group) is 1. The summed E-state index contributed by atoms with van der Waals surface area (Å²) in [5.74, 6) is 0.631. The minimum atomic E-state index is -0.127. The lowest BCUT2D eigenvalue weighted by atomic mass is 9.82. The van der Waals surface area contributed by atoms with Gasteiger partial charge in [-0.25, -0.2) is 0 Å². The third kappa shape index (κ3) is 3.49. The average Bonchev–Trinajstić information content (AvgIpc) is 2.28. The van der Waals surface area contributed by atoms with Gasteiger partial charge in [-0.3, -0.25) is 9.69 Å². The van der Waals surface area contributed by atoms with Gasteiger partial charge in [0.2, 0.25) is 0 Å². The largest absolute Gasteiger partial charge is 0.468 e. The van der Waals surface area contributed by atoms with E-state index in [9.17, 15) is 4.79 Å². The van der Waals surface area contributed by atoms with Crippen molar-refractivity contribution in [2.24, 2.45) is 5.92 Å². The maximum atomic E-state index is 11.2. The molecule has 2 unspecified atom stereocenters. The molecular weight excluding hydrogens is 190 g/mol. The van der Waals surface area contributed by atoms with E-state index in [2.05, 4.69) is 11.8 Å². The summed E-state index contributed by atoms with van der Waals surface area (Å²) < 4.78 is 4.70. The Bertz CT molecular complexity index is 206. The number of nitrogens with zero attached hydrogens (tertiary/aromatic N) is 1. The predicted molar refractivity (Wildman–Crippen MR) is 60.7 cm³/mol. The van der Waals surface area contributed by atoms with E-state index in [4.69, 9.17) is 4.74 Å². The Morgan fingerprint density at radius 3 is 2.67 bits per heavy atom. The second-order valence-corrected chi connectivity index (χ2v) is 4.51. The van der Waals surface area contributed by atoms with Crippen LogP contribution in [-0.2, 0) is 9.53 Å². The first kappa shape index (κ1) is 12.5. The van der Waals surface area contributed by atoms with E-state index in [-0.39, 0.29) is 5.97 Å². The predicted octanol–water partition coefficient (Wildman–Crippen LogP) is 2.06. The summed E-state index contributed by atoms with van der Waals surface area (Å²) in [4.78, 5) is 13.4. The van der Waals surface area contributed by atoms with Crippen molar-refractivity contribution in [2.75, 3.05) is 20.7 Å². The summed E-state index contributed by atoms with van der Waals surface area (Å²) >= 11 is 0. The Morgan fingerprint density at radius 1 is 1.40 bits per heavy atom. The maximum absolute atomic E-state index is 11.2. The fourth-order valence-corrected chi connectivity index (χ4v) is 2.63. The Hall–Kier alpha value is -0.570. The average molecular weight is 213 g/mol. The number of methoxy groups -OCH3 is 1. The zero-order valence-corrected chi connectivity index (χ0v) is 10.2. The topological polar surface area (TPSA) is 29.5 Å². The molecule has 3 nitrogen and oxygen atoms in total. The second-order valence-electron chi connectivity index (χ2n) is 4.51. The number of ether oxygens (including phenoxy) is 1. The number of hydrogen-bond acceptors (Lipinski definition) is 3. The van der Waals surface area contributed by atoms with Gasteiger partial charge in [0.05, 0.1) is 13.7 Å². The number of carbonyl (C=O) groups is 1. The number of carbonyl (C=O) groups excluding carboxylic acids is 1. The van der Waals surface area contributed by atoms with Crippen molar-refractivity contribution in [3.05, 3.63) is 0 Å². The molecule has 0 aromatic heterocycles. The van der Waals surface area contributed by atoms with Crippen molar-refractivity contribution in [1.29, 1.82) is 0 Å². The first-order valence-corrected chi connectivity index (χ1v) is 5.96. The van der Waals surface area contributed by atoms with Crippen LogP contribution in [0.1, 0.15) is 39.0 Å². The Kier molecular flexibility index (Phi) is 5.09. The van der Waals surface area contributed by atoms with Crippen molar-refractivity contribution in [2.45, 2.75) is 45.1 Å². The van der Waals surface area contributed by atoms with Gasteiger partial charge in [-0.2, -0.15) is 0 Å². The Labute approximate surface area is 92.8 Å². The number of rotatable bonds is 4. The lowest BCUT2D eigenvalue weighted by molar-refractivity contribution is -0.142. The van der Waals surface area contributed by atoms with Gasteiger partial charge in [0, 0.05) is 6.04 Å². The third-order valence-electron chi connectivity index (χ3n) is 3.57. The van der Waals surface area contributed by atoms with Crippen LogP contribution >= 0.6 is 0 Å². The number of hydrogen-bond donors (Lipinski definition) is 0. The van der Waals surface area contributed by atoms with E-state index in [0.717, 1.165) is 5.92 Å². The zero-order chi connectivity index (χ0) is 11.3. The molecule has 0 spiro atoms. The molecule has 15 heavy (non-hydrogen) atoms. The molecule has 0 heterocycles. The molecule has 0 saturated heterocycles. The highest BCUT2D eigenvalue weighted by atomic mass is 16.5. The number of esters is 1. The molecule has 0 radical (unpaired) electrons. The minimum Gasteiger partial charge on any atom is -0.468 e. The molecule has 0 aromatic rings. The van der Waals surface area contributed by atoms with Crippen molar-refractivity contribution in [1.82, 2.24) is 4.90 Å². The van der Waals surface area contributed by atoms with Crippen molar-refractivity contribution < 1.29 is 9.53 Å². The molecule has 1 aliphatic carbocycles. The Balaban J connectivity index is 2.47. The molecule has 0 aromatic carbocycles. The normalized spacial score (nSPS) is 26.7. The molecule has 1 fully saturated rings.